The van der Waals surface area contributed by atoms with Crippen LogP contribution in [0, 0.1) is 10.1 Å². The van der Waals surface area contributed by atoms with Crippen LogP contribution in [0.4, 0.5) is 10.1 Å². The molecule has 1 unspecified atom stereocenters. The van der Waals surface area contributed by atoms with Gasteiger partial charge in [0.25, 0.3) is 5.69 Å². The summed E-state index contributed by atoms with van der Waals surface area (Å²) < 4.78 is 17.0. The van der Waals surface area contributed by atoms with Crippen LogP contribution < -0.4 is 4.74 Å². The predicted molar refractivity (Wildman–Crippen MR) is 50.6 cm³/mol. The second-order valence-electron chi connectivity index (χ2n) is 2.85. The fourth-order valence-corrected chi connectivity index (χ4v) is 1.17. The van der Waals surface area contributed by atoms with E-state index in [1.807, 2.05) is 0 Å². The van der Waals surface area contributed by atoms with E-state index in [4.69, 9.17) is 4.74 Å². The van der Waals surface area contributed by atoms with E-state index in [0.717, 1.165) is 6.07 Å². The Hall–Kier alpha value is -1.69. The largest absolute Gasteiger partial charge is 0.497 e. The lowest BCUT2D eigenvalue weighted by atomic mass is 10.1. The minimum Gasteiger partial charge on any atom is -0.497 e. The Morgan fingerprint density at radius 1 is 1.67 bits per heavy atom. The molecule has 1 aromatic carbocycles. The van der Waals surface area contributed by atoms with Gasteiger partial charge in [0.15, 0.2) is 0 Å². The van der Waals surface area contributed by atoms with Crippen molar-refractivity contribution in [1.82, 2.24) is 0 Å². The van der Waals surface area contributed by atoms with E-state index in [2.05, 4.69) is 0 Å². The number of benzene rings is 1. The van der Waals surface area contributed by atoms with E-state index in [-0.39, 0.29) is 17.0 Å². The number of halogens is 1. The minimum absolute atomic E-state index is 0.0525. The lowest BCUT2D eigenvalue weighted by Gasteiger charge is -2.08. The fraction of sp³-hybridized carbons (Fsp3) is 0.333. The molecule has 0 spiro atoms. The van der Waals surface area contributed by atoms with Crippen LogP contribution in [0.5, 0.6) is 5.75 Å². The average Bonchev–Trinajstić information content (AvgIpc) is 2.27. The first-order chi connectivity index (χ1) is 7.10. The van der Waals surface area contributed by atoms with Gasteiger partial charge in [-0.3, -0.25) is 10.1 Å². The molecule has 0 aliphatic heterocycles. The van der Waals surface area contributed by atoms with Gasteiger partial charge in [-0.2, -0.15) is 0 Å². The fourth-order valence-electron chi connectivity index (χ4n) is 1.17. The third kappa shape index (κ3) is 2.41. The summed E-state index contributed by atoms with van der Waals surface area (Å²) in [6.45, 7) is -1.06. The Labute approximate surface area is 85.3 Å². The van der Waals surface area contributed by atoms with Gasteiger partial charge in [-0.1, -0.05) is 0 Å². The maximum absolute atomic E-state index is 12.2. The van der Waals surface area contributed by atoms with Gasteiger partial charge in [0.05, 0.1) is 23.7 Å². The molecule has 15 heavy (non-hydrogen) atoms. The topological polar surface area (TPSA) is 72.6 Å². The number of rotatable bonds is 4. The summed E-state index contributed by atoms with van der Waals surface area (Å²) in [6.07, 6.45) is -1.48. The molecular formula is C9H10FNO4. The van der Waals surface area contributed by atoms with Crippen molar-refractivity contribution in [3.05, 3.63) is 33.9 Å². The van der Waals surface area contributed by atoms with Crippen LogP contribution in [0.2, 0.25) is 0 Å². The van der Waals surface area contributed by atoms with E-state index < -0.39 is 17.7 Å². The molecule has 0 saturated carbocycles. The van der Waals surface area contributed by atoms with Gasteiger partial charge in [0.1, 0.15) is 18.5 Å². The second kappa shape index (κ2) is 4.70. The summed E-state index contributed by atoms with van der Waals surface area (Å²) in [5.41, 5.74) is -0.400. The number of alkyl halides is 1. The number of aliphatic hydroxyl groups is 1. The molecule has 0 radical (unpaired) electrons. The lowest BCUT2D eigenvalue weighted by molar-refractivity contribution is -0.386. The average molecular weight is 215 g/mol. The highest BCUT2D eigenvalue weighted by atomic mass is 19.1. The van der Waals surface area contributed by atoms with Crippen molar-refractivity contribution in [3.63, 3.8) is 0 Å². The van der Waals surface area contributed by atoms with Gasteiger partial charge >= 0.3 is 0 Å². The van der Waals surface area contributed by atoms with Crippen LogP contribution in [-0.4, -0.2) is 23.8 Å². The molecule has 82 valence electrons. The molecule has 0 aliphatic carbocycles. The van der Waals surface area contributed by atoms with E-state index in [1.54, 1.807) is 0 Å². The number of aliphatic hydroxyl groups excluding tert-OH is 1. The van der Waals surface area contributed by atoms with Crippen LogP contribution >= 0.6 is 0 Å². The summed E-state index contributed by atoms with van der Waals surface area (Å²) >= 11 is 0. The predicted octanol–water partition coefficient (Wildman–Crippen LogP) is 1.61. The van der Waals surface area contributed by atoms with Crippen LogP contribution in [0.3, 0.4) is 0 Å². The molecule has 1 N–H and O–H groups in total. The summed E-state index contributed by atoms with van der Waals surface area (Å²) in [6, 6.07) is 3.86. The van der Waals surface area contributed by atoms with E-state index in [1.165, 1.54) is 19.2 Å². The molecule has 0 bridgehead atoms. The molecule has 1 atom stereocenters. The van der Waals surface area contributed by atoms with Gasteiger partial charge in [0.2, 0.25) is 0 Å². The molecule has 0 saturated heterocycles. The summed E-state index contributed by atoms with van der Waals surface area (Å²) in [5, 5.41) is 19.8. The van der Waals surface area contributed by atoms with Gasteiger partial charge < -0.3 is 9.84 Å². The highest BCUT2D eigenvalue weighted by Gasteiger charge is 2.21. The van der Waals surface area contributed by atoms with Crippen LogP contribution in [0.15, 0.2) is 18.2 Å². The Kier molecular flexibility index (Phi) is 3.56. The molecule has 1 aromatic rings. The maximum atomic E-state index is 12.2. The zero-order valence-electron chi connectivity index (χ0n) is 8.01. The molecule has 0 amide bonds. The van der Waals surface area contributed by atoms with Gasteiger partial charge in [-0.25, -0.2) is 4.39 Å². The first-order valence-corrected chi connectivity index (χ1v) is 4.16. The SMILES string of the molecule is COc1ccc(C(O)CF)c([N+](=O)[O-])c1. The Balaban J connectivity index is 3.21. The number of nitro groups is 1. The lowest BCUT2D eigenvalue weighted by Crippen LogP contribution is -2.04. The highest BCUT2D eigenvalue weighted by molar-refractivity contribution is 5.47. The second-order valence-corrected chi connectivity index (χ2v) is 2.85. The molecule has 0 aromatic heterocycles. The molecule has 0 heterocycles. The number of nitrogens with zero attached hydrogens (tertiary/aromatic N) is 1. The van der Waals surface area contributed by atoms with Gasteiger partial charge in [-0.15, -0.1) is 0 Å². The molecule has 1 rings (SSSR count). The van der Waals surface area contributed by atoms with Crippen LogP contribution in [0.1, 0.15) is 11.7 Å². The zero-order valence-corrected chi connectivity index (χ0v) is 8.01. The Bertz CT molecular complexity index is 369. The van der Waals surface area contributed by atoms with E-state index in [9.17, 15) is 19.6 Å². The standard InChI is InChI=1S/C9H10FNO4/c1-15-6-2-3-7(9(12)5-10)8(4-6)11(13)14/h2-4,9,12H,5H2,1H3. The third-order valence-electron chi connectivity index (χ3n) is 1.94. The van der Waals surface area contributed by atoms with Crippen molar-refractivity contribution >= 4 is 5.69 Å². The number of hydrogen-bond acceptors (Lipinski definition) is 4. The normalized spacial score (nSPS) is 12.2. The monoisotopic (exact) mass is 215 g/mol. The summed E-state index contributed by atoms with van der Waals surface area (Å²) in [4.78, 5) is 9.94. The highest BCUT2D eigenvalue weighted by Crippen LogP contribution is 2.29. The van der Waals surface area contributed by atoms with Gasteiger partial charge in [-0.05, 0) is 12.1 Å². The third-order valence-corrected chi connectivity index (χ3v) is 1.94. The van der Waals surface area contributed by atoms with Crippen molar-refractivity contribution < 1.29 is 19.2 Å². The zero-order chi connectivity index (χ0) is 11.4. The first-order valence-electron chi connectivity index (χ1n) is 4.16. The summed E-state index contributed by atoms with van der Waals surface area (Å²) in [7, 11) is 1.37. The molecule has 0 aliphatic rings. The molecular weight excluding hydrogens is 205 g/mol. The van der Waals surface area contributed by atoms with Crippen molar-refractivity contribution in [1.29, 1.82) is 0 Å². The van der Waals surface area contributed by atoms with E-state index in [0.29, 0.717) is 0 Å². The number of ether oxygens (including phenoxy) is 1. The van der Waals surface area contributed by atoms with Gasteiger partial charge in [0, 0.05) is 0 Å². The smallest absolute Gasteiger partial charge is 0.279 e. The van der Waals surface area contributed by atoms with Crippen molar-refractivity contribution in [2.45, 2.75) is 6.10 Å². The molecule has 6 heteroatoms. The maximum Gasteiger partial charge on any atom is 0.279 e. The van der Waals surface area contributed by atoms with Crippen molar-refractivity contribution in [3.8, 4) is 5.75 Å². The first kappa shape index (κ1) is 11.4. The quantitative estimate of drug-likeness (QED) is 0.611. The Morgan fingerprint density at radius 3 is 2.80 bits per heavy atom. The van der Waals surface area contributed by atoms with E-state index >= 15 is 0 Å². The summed E-state index contributed by atoms with van der Waals surface area (Å²) in [5.74, 6) is 0.288. The number of nitro benzene ring substituents is 1. The van der Waals surface area contributed by atoms with Crippen molar-refractivity contribution in [2.75, 3.05) is 13.8 Å². The number of methoxy groups -OCH3 is 1. The van der Waals surface area contributed by atoms with Crippen molar-refractivity contribution in [2.24, 2.45) is 0 Å². The molecule has 5 nitrogen and oxygen atoms in total. The van der Waals surface area contributed by atoms with Crippen LogP contribution in [0.25, 0.3) is 0 Å². The Morgan fingerprint density at radius 2 is 2.33 bits per heavy atom. The number of hydrogen-bond donors (Lipinski definition) is 1. The molecule has 0 fully saturated rings. The minimum atomic E-state index is -1.48. The van der Waals surface area contributed by atoms with Crippen LogP contribution in [-0.2, 0) is 0 Å².